The zero-order chi connectivity index (χ0) is 21.0. The van der Waals surface area contributed by atoms with E-state index in [-0.39, 0.29) is 18.3 Å². The Hall–Kier alpha value is -1.17. The summed E-state index contributed by atoms with van der Waals surface area (Å²) in [7, 11) is 1.74. The monoisotopic (exact) mass is 406 g/mol. The van der Waals surface area contributed by atoms with Crippen molar-refractivity contribution in [3.63, 3.8) is 0 Å². The Kier molecular flexibility index (Phi) is 7.58. The lowest BCUT2D eigenvalue weighted by molar-refractivity contribution is -0.168. The zero-order valence-electron chi connectivity index (χ0n) is 17.9. The molecule has 5 nitrogen and oxygen atoms in total. The van der Waals surface area contributed by atoms with Crippen LogP contribution in [-0.2, 0) is 9.53 Å². The number of carboxylic acids is 1. The SMILES string of the molecule is CCC1C(=CCCC(=O)O)[C@]2(OC)CC[C@H](O)[C@@H](C=CC(O)C3CCCCC3)[C@H]12. The van der Waals surface area contributed by atoms with Gasteiger partial charge in [-0.05, 0) is 55.9 Å². The van der Waals surface area contributed by atoms with Crippen LogP contribution < -0.4 is 0 Å². The van der Waals surface area contributed by atoms with Gasteiger partial charge in [0.25, 0.3) is 0 Å². The Morgan fingerprint density at radius 3 is 2.62 bits per heavy atom. The molecule has 2 unspecified atom stereocenters. The maximum atomic E-state index is 10.9. The van der Waals surface area contributed by atoms with E-state index in [0.717, 1.165) is 25.7 Å². The summed E-state index contributed by atoms with van der Waals surface area (Å²) in [6, 6.07) is 0. The fourth-order valence-corrected chi connectivity index (χ4v) is 6.24. The predicted molar refractivity (Wildman–Crippen MR) is 112 cm³/mol. The average molecular weight is 407 g/mol. The number of aliphatic carboxylic acids is 1. The second-order valence-corrected chi connectivity index (χ2v) is 9.18. The van der Waals surface area contributed by atoms with Crippen molar-refractivity contribution >= 4 is 5.97 Å². The van der Waals surface area contributed by atoms with Crippen LogP contribution in [0.4, 0.5) is 0 Å². The van der Waals surface area contributed by atoms with E-state index >= 15 is 0 Å². The molecule has 0 aromatic carbocycles. The van der Waals surface area contributed by atoms with Crippen LogP contribution in [0.1, 0.15) is 71.1 Å². The third-order valence-electron chi connectivity index (χ3n) is 7.72. The number of hydrogen-bond donors (Lipinski definition) is 3. The molecule has 3 saturated carbocycles. The third kappa shape index (κ3) is 4.47. The van der Waals surface area contributed by atoms with Crippen LogP contribution in [0.25, 0.3) is 0 Å². The van der Waals surface area contributed by atoms with Gasteiger partial charge in [0, 0.05) is 25.4 Å². The van der Waals surface area contributed by atoms with Gasteiger partial charge in [0.2, 0.25) is 0 Å². The van der Waals surface area contributed by atoms with E-state index in [4.69, 9.17) is 9.84 Å². The molecule has 0 amide bonds. The number of methoxy groups -OCH3 is 1. The molecule has 0 aromatic heterocycles. The molecule has 164 valence electrons. The van der Waals surface area contributed by atoms with Gasteiger partial charge < -0.3 is 20.1 Å². The Bertz CT molecular complexity index is 621. The van der Waals surface area contributed by atoms with Crippen LogP contribution >= 0.6 is 0 Å². The molecule has 3 aliphatic carbocycles. The van der Waals surface area contributed by atoms with Crippen molar-refractivity contribution in [2.75, 3.05) is 7.11 Å². The molecular formula is C24H38O5. The lowest BCUT2D eigenvalue weighted by Gasteiger charge is -2.62. The highest BCUT2D eigenvalue weighted by Gasteiger charge is 2.62. The normalized spacial score (nSPS) is 38.0. The van der Waals surface area contributed by atoms with E-state index in [0.29, 0.717) is 24.7 Å². The summed E-state index contributed by atoms with van der Waals surface area (Å²) in [5.74, 6) is -0.0209. The minimum absolute atomic E-state index is 0.0384. The van der Waals surface area contributed by atoms with E-state index in [1.807, 2.05) is 6.08 Å². The van der Waals surface area contributed by atoms with Crippen molar-refractivity contribution in [2.45, 2.75) is 88.9 Å². The molecule has 29 heavy (non-hydrogen) atoms. The van der Waals surface area contributed by atoms with Crippen molar-refractivity contribution in [3.05, 3.63) is 23.8 Å². The van der Waals surface area contributed by atoms with Gasteiger partial charge in [-0.15, -0.1) is 0 Å². The van der Waals surface area contributed by atoms with Gasteiger partial charge in [-0.1, -0.05) is 44.4 Å². The van der Waals surface area contributed by atoms with E-state index in [9.17, 15) is 15.0 Å². The molecule has 0 saturated heterocycles. The van der Waals surface area contributed by atoms with Gasteiger partial charge in [0.15, 0.2) is 0 Å². The molecule has 6 atom stereocenters. The van der Waals surface area contributed by atoms with Crippen LogP contribution in [0.5, 0.6) is 0 Å². The van der Waals surface area contributed by atoms with E-state index < -0.39 is 23.8 Å². The van der Waals surface area contributed by atoms with Crippen molar-refractivity contribution in [1.82, 2.24) is 0 Å². The lowest BCUT2D eigenvalue weighted by Crippen LogP contribution is -2.64. The molecule has 3 N–H and O–H groups in total. The first-order valence-corrected chi connectivity index (χ1v) is 11.5. The molecule has 3 fully saturated rings. The summed E-state index contributed by atoms with van der Waals surface area (Å²) >= 11 is 0. The van der Waals surface area contributed by atoms with Crippen molar-refractivity contribution in [3.8, 4) is 0 Å². The van der Waals surface area contributed by atoms with Crippen LogP contribution in [0.2, 0.25) is 0 Å². The van der Waals surface area contributed by atoms with Crippen LogP contribution in [0, 0.1) is 23.7 Å². The number of allylic oxidation sites excluding steroid dienone is 1. The summed E-state index contributed by atoms with van der Waals surface area (Å²) in [5, 5.41) is 30.4. The first kappa shape index (κ1) is 22.5. The first-order chi connectivity index (χ1) is 13.9. The highest BCUT2D eigenvalue weighted by molar-refractivity contribution is 5.66. The van der Waals surface area contributed by atoms with Crippen molar-refractivity contribution < 1.29 is 24.9 Å². The topological polar surface area (TPSA) is 87.0 Å². The van der Waals surface area contributed by atoms with Crippen molar-refractivity contribution in [2.24, 2.45) is 23.7 Å². The molecule has 0 aliphatic heterocycles. The fourth-order valence-electron chi connectivity index (χ4n) is 6.24. The molecule has 3 aliphatic rings. The first-order valence-electron chi connectivity index (χ1n) is 11.5. The maximum Gasteiger partial charge on any atom is 0.303 e. The van der Waals surface area contributed by atoms with Gasteiger partial charge >= 0.3 is 5.97 Å². The highest BCUT2D eigenvalue weighted by Crippen LogP contribution is 2.61. The summed E-state index contributed by atoms with van der Waals surface area (Å²) in [6.07, 6.45) is 14.0. The summed E-state index contributed by atoms with van der Waals surface area (Å²) < 4.78 is 6.06. The predicted octanol–water partition coefficient (Wildman–Crippen LogP) is 4.09. The standard InChI is InChI=1S/C24H38O5/c1-3-17-19(10-7-11-22(27)28)24(29-2)15-14-21(26)18(23(17)24)12-13-20(25)16-8-5-4-6-9-16/h10,12-13,16-18,20-21,23,25-26H,3-9,11,14-15H2,1-2H3,(H,27,28)/t17?,18-,20?,21+,23+,24-/m1/s1. The number of rotatable bonds is 8. The number of aliphatic hydroxyl groups excluding tert-OH is 2. The van der Waals surface area contributed by atoms with E-state index in [2.05, 4.69) is 19.1 Å². The second-order valence-electron chi connectivity index (χ2n) is 9.18. The minimum atomic E-state index is -0.784. The van der Waals surface area contributed by atoms with Gasteiger partial charge in [0.1, 0.15) is 0 Å². The Morgan fingerprint density at radius 2 is 2.00 bits per heavy atom. The van der Waals surface area contributed by atoms with Crippen LogP contribution in [0.15, 0.2) is 23.8 Å². The van der Waals surface area contributed by atoms with Crippen LogP contribution in [0.3, 0.4) is 0 Å². The molecule has 5 heteroatoms. The molecule has 0 spiro atoms. The quantitative estimate of drug-likeness (QED) is 0.529. The number of hydrogen-bond acceptors (Lipinski definition) is 4. The van der Waals surface area contributed by atoms with E-state index in [1.165, 1.54) is 24.8 Å². The summed E-state index contributed by atoms with van der Waals surface area (Å²) in [6.45, 7) is 2.15. The Morgan fingerprint density at radius 1 is 1.28 bits per heavy atom. The highest BCUT2D eigenvalue weighted by atomic mass is 16.5. The van der Waals surface area contributed by atoms with E-state index in [1.54, 1.807) is 7.11 Å². The summed E-state index contributed by atoms with van der Waals surface area (Å²) in [5.41, 5.74) is 0.815. The van der Waals surface area contributed by atoms with Crippen LogP contribution in [-0.4, -0.2) is 46.2 Å². The average Bonchev–Trinajstić information content (AvgIpc) is 2.72. The molecule has 0 aromatic rings. The molecular weight excluding hydrogens is 368 g/mol. The maximum absolute atomic E-state index is 10.9. The van der Waals surface area contributed by atoms with Gasteiger partial charge in [-0.25, -0.2) is 0 Å². The fraction of sp³-hybridized carbons (Fsp3) is 0.792. The summed E-state index contributed by atoms with van der Waals surface area (Å²) in [4.78, 5) is 10.9. The minimum Gasteiger partial charge on any atom is -0.481 e. The zero-order valence-corrected chi connectivity index (χ0v) is 17.9. The smallest absolute Gasteiger partial charge is 0.303 e. The Labute approximate surface area is 174 Å². The van der Waals surface area contributed by atoms with Gasteiger partial charge in [-0.2, -0.15) is 0 Å². The van der Waals surface area contributed by atoms with Gasteiger partial charge in [-0.3, -0.25) is 4.79 Å². The lowest BCUT2D eigenvalue weighted by atomic mass is 9.47. The molecule has 0 heterocycles. The van der Waals surface area contributed by atoms with Gasteiger partial charge in [0.05, 0.1) is 17.8 Å². The number of fused-ring (bicyclic) bond motifs is 1. The molecule has 0 radical (unpaired) electrons. The molecule has 3 rings (SSSR count). The second kappa shape index (κ2) is 9.76. The number of aliphatic hydroxyl groups is 2. The number of ether oxygens (including phenoxy) is 1. The van der Waals surface area contributed by atoms with Crippen molar-refractivity contribution in [1.29, 1.82) is 0 Å². The number of carboxylic acid groups (broad SMARTS) is 1. The largest absolute Gasteiger partial charge is 0.481 e. The third-order valence-corrected chi connectivity index (χ3v) is 7.72. The number of carbonyl (C=O) groups is 1. The Balaban J connectivity index is 1.77. The molecule has 0 bridgehead atoms.